The van der Waals surface area contributed by atoms with E-state index in [4.69, 9.17) is 0 Å². The minimum atomic E-state index is -0.0501. The van der Waals surface area contributed by atoms with E-state index in [-0.39, 0.29) is 12.1 Å². The number of urea groups is 1. The van der Waals surface area contributed by atoms with Crippen LogP contribution >= 0.6 is 27.3 Å². The summed E-state index contributed by atoms with van der Waals surface area (Å²) in [4.78, 5) is 17.9. The van der Waals surface area contributed by atoms with Gasteiger partial charge in [-0.3, -0.25) is 0 Å². The Morgan fingerprint density at radius 2 is 1.89 bits per heavy atom. The van der Waals surface area contributed by atoms with E-state index in [1.165, 1.54) is 26.4 Å². The topological polar surface area (TPSA) is 32.3 Å². The number of nitrogens with one attached hydrogen (secondary N) is 1. The summed E-state index contributed by atoms with van der Waals surface area (Å²) in [6.07, 6.45) is 1.96. The van der Waals surface area contributed by atoms with E-state index in [1.807, 2.05) is 46.6 Å². The van der Waals surface area contributed by atoms with Crippen molar-refractivity contribution in [1.29, 1.82) is 0 Å². The Labute approximate surface area is 178 Å². The van der Waals surface area contributed by atoms with E-state index in [0.29, 0.717) is 0 Å². The van der Waals surface area contributed by atoms with Crippen LogP contribution in [-0.2, 0) is 12.8 Å². The molecular weight excluding hydrogens is 432 g/mol. The molecule has 2 heterocycles. The Balaban J connectivity index is 1.71. The van der Waals surface area contributed by atoms with E-state index in [2.05, 4.69) is 59.4 Å². The van der Waals surface area contributed by atoms with Gasteiger partial charge < -0.3 is 10.2 Å². The Kier molecular flexibility index (Phi) is 5.56. The number of nitrogens with zero attached hydrogens (tertiary/aromatic N) is 1. The summed E-state index contributed by atoms with van der Waals surface area (Å²) in [7, 11) is 0. The molecule has 1 aliphatic rings. The number of hydrogen-bond donors (Lipinski definition) is 1. The number of benzene rings is 2. The van der Waals surface area contributed by atoms with Gasteiger partial charge in [-0.25, -0.2) is 4.79 Å². The van der Waals surface area contributed by atoms with Gasteiger partial charge in [0.2, 0.25) is 0 Å². The van der Waals surface area contributed by atoms with Crippen LogP contribution in [0.1, 0.15) is 39.4 Å². The van der Waals surface area contributed by atoms with Crippen molar-refractivity contribution in [3.05, 3.63) is 85.5 Å². The summed E-state index contributed by atoms with van der Waals surface area (Å²) in [6, 6.07) is 18.0. The molecule has 4 rings (SSSR count). The molecule has 144 valence electrons. The highest BCUT2D eigenvalue weighted by Gasteiger charge is 2.35. The summed E-state index contributed by atoms with van der Waals surface area (Å²) in [5.41, 5.74) is 4.89. The van der Waals surface area contributed by atoms with Gasteiger partial charge in [0.05, 0.1) is 6.04 Å². The number of rotatable bonds is 3. The van der Waals surface area contributed by atoms with Crippen LogP contribution in [0.15, 0.2) is 59.1 Å². The van der Waals surface area contributed by atoms with Crippen LogP contribution in [0.4, 0.5) is 10.5 Å². The van der Waals surface area contributed by atoms with E-state index < -0.39 is 0 Å². The molecule has 2 amide bonds. The SMILES string of the molecule is CCc1c(C)sc2c1CCN(C(=O)Nc1ccc(Br)cc1)[C@@H]2c1ccccc1. The third-order valence-electron chi connectivity index (χ3n) is 5.34. The van der Waals surface area contributed by atoms with Gasteiger partial charge in [-0.1, -0.05) is 53.2 Å². The standard InChI is InChI=1S/C23H23BrN2OS/c1-3-19-15(2)28-22-20(19)13-14-26(21(22)16-7-5-4-6-8-16)23(27)25-18-11-9-17(24)10-12-18/h4-12,21H,3,13-14H2,1-2H3,(H,25,27)/t21-/m1/s1. The molecule has 3 aromatic rings. The first-order valence-corrected chi connectivity index (χ1v) is 11.2. The number of halogens is 1. The van der Waals surface area contributed by atoms with E-state index in [1.54, 1.807) is 0 Å². The quantitative estimate of drug-likeness (QED) is 0.477. The zero-order valence-electron chi connectivity index (χ0n) is 16.0. The molecule has 0 saturated heterocycles. The predicted molar refractivity (Wildman–Crippen MR) is 120 cm³/mol. The number of carbonyl (C=O) groups excluding carboxylic acids is 1. The lowest BCUT2D eigenvalue weighted by atomic mass is 9.92. The molecule has 1 atom stereocenters. The van der Waals surface area contributed by atoms with Gasteiger partial charge in [0.1, 0.15) is 0 Å². The van der Waals surface area contributed by atoms with Crippen LogP contribution in [0.3, 0.4) is 0 Å². The molecule has 3 nitrogen and oxygen atoms in total. The first-order chi connectivity index (χ1) is 13.6. The monoisotopic (exact) mass is 454 g/mol. The molecular formula is C23H23BrN2OS. The van der Waals surface area contributed by atoms with Crippen molar-refractivity contribution in [1.82, 2.24) is 4.90 Å². The van der Waals surface area contributed by atoms with Crippen molar-refractivity contribution in [2.24, 2.45) is 0 Å². The van der Waals surface area contributed by atoms with E-state index in [9.17, 15) is 4.79 Å². The predicted octanol–water partition coefficient (Wildman–Crippen LogP) is 6.56. The van der Waals surface area contributed by atoms with Crippen LogP contribution in [0.25, 0.3) is 0 Å². The summed E-state index contributed by atoms with van der Waals surface area (Å²) in [5.74, 6) is 0. The van der Waals surface area contributed by atoms with Gasteiger partial charge in [-0.05, 0) is 60.7 Å². The molecule has 1 aliphatic heterocycles. The summed E-state index contributed by atoms with van der Waals surface area (Å²) in [5, 5.41) is 3.08. The summed E-state index contributed by atoms with van der Waals surface area (Å²) >= 11 is 5.29. The maximum absolute atomic E-state index is 13.2. The van der Waals surface area contributed by atoms with Gasteiger partial charge in [0.25, 0.3) is 0 Å². The van der Waals surface area contributed by atoms with Gasteiger partial charge in [0.15, 0.2) is 0 Å². The first kappa shape index (κ1) is 19.2. The van der Waals surface area contributed by atoms with Crippen LogP contribution in [0.2, 0.25) is 0 Å². The number of hydrogen-bond acceptors (Lipinski definition) is 2. The highest BCUT2D eigenvalue weighted by atomic mass is 79.9. The average Bonchev–Trinajstić information content (AvgIpc) is 3.04. The molecule has 0 bridgehead atoms. The van der Waals surface area contributed by atoms with Crippen molar-refractivity contribution in [3.8, 4) is 0 Å². The van der Waals surface area contributed by atoms with Gasteiger partial charge in [-0.15, -0.1) is 11.3 Å². The second-order valence-corrected chi connectivity index (χ2v) is 9.20. The number of thiophene rings is 1. The minimum Gasteiger partial charge on any atom is -0.312 e. The third kappa shape index (κ3) is 3.61. The molecule has 5 heteroatoms. The van der Waals surface area contributed by atoms with Crippen molar-refractivity contribution in [2.75, 3.05) is 11.9 Å². The highest BCUT2D eigenvalue weighted by molar-refractivity contribution is 9.10. The van der Waals surface area contributed by atoms with E-state index in [0.717, 1.165) is 29.5 Å². The lowest BCUT2D eigenvalue weighted by Crippen LogP contribution is -2.42. The van der Waals surface area contributed by atoms with Gasteiger partial charge in [0, 0.05) is 26.5 Å². The Bertz CT molecular complexity index is 982. The van der Waals surface area contributed by atoms with Crippen molar-refractivity contribution >= 4 is 39.0 Å². The molecule has 28 heavy (non-hydrogen) atoms. The van der Waals surface area contributed by atoms with Crippen LogP contribution in [-0.4, -0.2) is 17.5 Å². The number of fused-ring (bicyclic) bond motifs is 1. The Morgan fingerprint density at radius 1 is 1.18 bits per heavy atom. The first-order valence-electron chi connectivity index (χ1n) is 9.57. The molecule has 0 unspecified atom stereocenters. The van der Waals surface area contributed by atoms with Crippen LogP contribution in [0, 0.1) is 6.92 Å². The second-order valence-electron chi connectivity index (χ2n) is 7.03. The average molecular weight is 455 g/mol. The summed E-state index contributed by atoms with van der Waals surface area (Å²) < 4.78 is 0.997. The molecule has 1 N–H and O–H groups in total. The smallest absolute Gasteiger partial charge is 0.312 e. The van der Waals surface area contributed by atoms with E-state index >= 15 is 0 Å². The van der Waals surface area contributed by atoms with Crippen LogP contribution < -0.4 is 5.32 Å². The van der Waals surface area contributed by atoms with Crippen molar-refractivity contribution in [2.45, 2.75) is 32.7 Å². The maximum atomic E-state index is 13.2. The molecule has 2 aromatic carbocycles. The molecule has 0 aliphatic carbocycles. The molecule has 0 saturated carbocycles. The minimum absolute atomic E-state index is 0.0376. The number of aryl methyl sites for hydroxylation is 1. The maximum Gasteiger partial charge on any atom is 0.322 e. The fourth-order valence-corrected chi connectivity index (χ4v) is 5.73. The largest absolute Gasteiger partial charge is 0.322 e. The van der Waals surface area contributed by atoms with Gasteiger partial charge in [-0.2, -0.15) is 0 Å². The normalized spacial score (nSPS) is 16.0. The summed E-state index contributed by atoms with van der Waals surface area (Å²) in [6.45, 7) is 5.15. The lowest BCUT2D eigenvalue weighted by molar-refractivity contribution is 0.195. The number of carbonyl (C=O) groups is 1. The molecule has 0 spiro atoms. The van der Waals surface area contributed by atoms with Crippen LogP contribution in [0.5, 0.6) is 0 Å². The molecule has 0 fully saturated rings. The highest BCUT2D eigenvalue weighted by Crippen LogP contribution is 2.42. The zero-order valence-corrected chi connectivity index (χ0v) is 18.4. The second kappa shape index (κ2) is 8.10. The third-order valence-corrected chi connectivity index (χ3v) is 7.11. The number of anilines is 1. The Morgan fingerprint density at radius 3 is 2.57 bits per heavy atom. The van der Waals surface area contributed by atoms with Crippen molar-refractivity contribution in [3.63, 3.8) is 0 Å². The van der Waals surface area contributed by atoms with Crippen molar-refractivity contribution < 1.29 is 4.79 Å². The lowest BCUT2D eigenvalue weighted by Gasteiger charge is -2.36. The zero-order chi connectivity index (χ0) is 19.7. The molecule has 1 aromatic heterocycles. The molecule has 0 radical (unpaired) electrons. The number of amides is 2. The fourth-order valence-electron chi connectivity index (χ4n) is 4.02. The van der Waals surface area contributed by atoms with Gasteiger partial charge >= 0.3 is 6.03 Å². The fraction of sp³-hybridized carbons (Fsp3) is 0.261. The Hall–Kier alpha value is -2.11.